The second-order valence-corrected chi connectivity index (χ2v) is 4.99. The minimum atomic E-state index is -0.996. The molecule has 0 aliphatic carbocycles. The van der Waals surface area contributed by atoms with Crippen molar-refractivity contribution in [3.8, 4) is 0 Å². The van der Waals surface area contributed by atoms with Crippen molar-refractivity contribution >= 4 is 27.7 Å². The van der Waals surface area contributed by atoms with E-state index in [-0.39, 0.29) is 5.56 Å². The summed E-state index contributed by atoms with van der Waals surface area (Å²) in [7, 11) is 3.64. The van der Waals surface area contributed by atoms with Gasteiger partial charge < -0.3 is 20.1 Å². The first-order valence-corrected chi connectivity index (χ1v) is 6.64. The number of rotatable bonds is 8. The Hall–Kier alpha value is -1.18. The van der Waals surface area contributed by atoms with Crippen molar-refractivity contribution in [1.29, 1.82) is 0 Å². The summed E-state index contributed by atoms with van der Waals surface area (Å²) in [6.45, 7) is 2.90. The number of carbonyl (C=O) groups is 1. The number of aromatic nitrogens is 1. The molecule has 2 N–H and O–H groups in total. The van der Waals surface area contributed by atoms with Crippen molar-refractivity contribution in [1.82, 2.24) is 9.88 Å². The number of methoxy groups -OCH3 is 1. The standard InChI is InChI=1S/C12H18BrN3O3/c1-16(5-6-19-2)4-3-14-11-10(12(17)18)7-9(13)8-15-11/h7-8H,3-6H2,1-2H3,(H,14,15)(H,17,18). The number of carboxylic acids is 1. The molecule has 0 aliphatic heterocycles. The van der Waals surface area contributed by atoms with Crippen molar-refractivity contribution in [2.75, 3.05) is 45.7 Å². The average Bonchev–Trinajstić information content (AvgIpc) is 2.37. The lowest BCUT2D eigenvalue weighted by molar-refractivity contribution is 0.0697. The highest BCUT2D eigenvalue weighted by molar-refractivity contribution is 9.10. The zero-order valence-corrected chi connectivity index (χ0v) is 12.6. The summed E-state index contributed by atoms with van der Waals surface area (Å²) in [6.07, 6.45) is 1.57. The van der Waals surface area contributed by atoms with Gasteiger partial charge >= 0.3 is 5.97 Å². The van der Waals surface area contributed by atoms with Crippen molar-refractivity contribution in [2.45, 2.75) is 0 Å². The van der Waals surface area contributed by atoms with Crippen molar-refractivity contribution in [3.05, 3.63) is 22.3 Å². The fourth-order valence-electron chi connectivity index (χ4n) is 1.47. The van der Waals surface area contributed by atoms with Crippen LogP contribution in [0.2, 0.25) is 0 Å². The highest BCUT2D eigenvalue weighted by Gasteiger charge is 2.11. The lowest BCUT2D eigenvalue weighted by atomic mass is 10.2. The van der Waals surface area contributed by atoms with Crippen LogP contribution in [0, 0.1) is 0 Å². The molecular formula is C12H18BrN3O3. The molecule has 1 aromatic heterocycles. The van der Waals surface area contributed by atoms with Crippen LogP contribution in [0.25, 0.3) is 0 Å². The van der Waals surface area contributed by atoms with Gasteiger partial charge in [0, 0.05) is 37.4 Å². The topological polar surface area (TPSA) is 74.7 Å². The molecule has 0 aromatic carbocycles. The molecule has 0 atom stereocenters. The van der Waals surface area contributed by atoms with E-state index in [9.17, 15) is 4.79 Å². The van der Waals surface area contributed by atoms with Crippen LogP contribution in [0.1, 0.15) is 10.4 Å². The number of nitrogens with zero attached hydrogens (tertiary/aromatic N) is 2. The third-order valence-electron chi connectivity index (χ3n) is 2.55. The van der Waals surface area contributed by atoms with Gasteiger partial charge in [-0.3, -0.25) is 0 Å². The molecule has 0 amide bonds. The van der Waals surface area contributed by atoms with Crippen LogP contribution in [-0.4, -0.2) is 61.4 Å². The molecule has 0 bridgehead atoms. The van der Waals surface area contributed by atoms with E-state index >= 15 is 0 Å². The van der Waals surface area contributed by atoms with E-state index in [0.29, 0.717) is 23.4 Å². The van der Waals surface area contributed by atoms with Gasteiger partial charge in [-0.25, -0.2) is 9.78 Å². The molecule has 0 saturated carbocycles. The quantitative estimate of drug-likeness (QED) is 0.752. The summed E-state index contributed by atoms with van der Waals surface area (Å²) in [6, 6.07) is 1.53. The monoisotopic (exact) mass is 331 g/mol. The molecule has 0 unspecified atom stereocenters. The van der Waals surface area contributed by atoms with Crippen molar-refractivity contribution in [3.63, 3.8) is 0 Å². The zero-order valence-electron chi connectivity index (χ0n) is 11.0. The summed E-state index contributed by atoms with van der Waals surface area (Å²) >= 11 is 3.21. The molecule has 6 nitrogen and oxygen atoms in total. The van der Waals surface area contributed by atoms with E-state index in [1.165, 1.54) is 6.07 Å². The first-order valence-electron chi connectivity index (χ1n) is 5.84. The Balaban J connectivity index is 2.51. The van der Waals surface area contributed by atoms with E-state index in [0.717, 1.165) is 13.1 Å². The number of ether oxygens (including phenoxy) is 1. The Morgan fingerprint density at radius 2 is 2.32 bits per heavy atom. The summed E-state index contributed by atoms with van der Waals surface area (Å²) < 4.78 is 5.63. The second-order valence-electron chi connectivity index (χ2n) is 4.08. The van der Waals surface area contributed by atoms with E-state index in [1.54, 1.807) is 13.3 Å². The van der Waals surface area contributed by atoms with Gasteiger partial charge in [-0.15, -0.1) is 0 Å². The highest BCUT2D eigenvalue weighted by Crippen LogP contribution is 2.17. The Bertz CT molecular complexity index is 429. The number of halogens is 1. The van der Waals surface area contributed by atoms with Gasteiger partial charge in [0.05, 0.1) is 6.61 Å². The number of nitrogens with one attached hydrogen (secondary N) is 1. The van der Waals surface area contributed by atoms with Gasteiger partial charge in [-0.2, -0.15) is 0 Å². The van der Waals surface area contributed by atoms with E-state index < -0.39 is 5.97 Å². The number of aromatic carboxylic acids is 1. The molecule has 1 rings (SSSR count). The normalized spacial score (nSPS) is 10.7. The van der Waals surface area contributed by atoms with Gasteiger partial charge in [-0.05, 0) is 29.0 Å². The Morgan fingerprint density at radius 1 is 1.58 bits per heavy atom. The van der Waals surface area contributed by atoms with Crippen LogP contribution in [0.15, 0.2) is 16.7 Å². The van der Waals surface area contributed by atoms with Crippen molar-refractivity contribution < 1.29 is 14.6 Å². The molecule has 0 spiro atoms. The van der Waals surface area contributed by atoms with Gasteiger partial charge in [-0.1, -0.05) is 0 Å². The average molecular weight is 332 g/mol. The predicted octanol–water partition coefficient (Wildman–Crippen LogP) is 1.53. The van der Waals surface area contributed by atoms with Crippen LogP contribution >= 0.6 is 15.9 Å². The fraction of sp³-hybridized carbons (Fsp3) is 0.500. The number of anilines is 1. The minimum Gasteiger partial charge on any atom is -0.478 e. The van der Waals surface area contributed by atoms with Gasteiger partial charge in [0.15, 0.2) is 0 Å². The smallest absolute Gasteiger partial charge is 0.339 e. The molecule has 0 saturated heterocycles. The number of likely N-dealkylation sites (N-methyl/N-ethyl adjacent to an activating group) is 1. The molecular weight excluding hydrogens is 314 g/mol. The maximum absolute atomic E-state index is 11.1. The number of pyridine rings is 1. The van der Waals surface area contributed by atoms with Crippen LogP contribution in [0.5, 0.6) is 0 Å². The Morgan fingerprint density at radius 3 is 2.95 bits per heavy atom. The van der Waals surface area contributed by atoms with Crippen LogP contribution < -0.4 is 5.32 Å². The Labute approximate surface area is 120 Å². The molecule has 19 heavy (non-hydrogen) atoms. The third-order valence-corrected chi connectivity index (χ3v) is 2.98. The molecule has 0 radical (unpaired) electrons. The van der Waals surface area contributed by atoms with E-state index in [4.69, 9.17) is 9.84 Å². The van der Waals surface area contributed by atoms with Gasteiger partial charge in [0.25, 0.3) is 0 Å². The SMILES string of the molecule is COCCN(C)CCNc1ncc(Br)cc1C(=O)O. The lowest BCUT2D eigenvalue weighted by Gasteiger charge is -2.16. The first-order chi connectivity index (χ1) is 9.04. The molecule has 106 valence electrons. The third kappa shape index (κ3) is 5.54. The first kappa shape index (κ1) is 15.9. The molecule has 0 aliphatic rings. The summed E-state index contributed by atoms with van der Waals surface area (Å²) in [5.41, 5.74) is 0.161. The predicted molar refractivity (Wildman–Crippen MR) is 76.8 cm³/mol. The second kappa shape index (κ2) is 8.08. The molecule has 1 aromatic rings. The van der Waals surface area contributed by atoms with Gasteiger partial charge in [0.1, 0.15) is 11.4 Å². The number of carboxylic acid groups (broad SMARTS) is 1. The highest BCUT2D eigenvalue weighted by atomic mass is 79.9. The number of hydrogen-bond acceptors (Lipinski definition) is 5. The van der Waals surface area contributed by atoms with Crippen LogP contribution in [0.3, 0.4) is 0 Å². The number of hydrogen-bond donors (Lipinski definition) is 2. The summed E-state index contributed by atoms with van der Waals surface area (Å²) in [5, 5.41) is 12.1. The molecule has 0 fully saturated rings. The molecule has 1 heterocycles. The zero-order chi connectivity index (χ0) is 14.3. The van der Waals surface area contributed by atoms with E-state index in [1.807, 2.05) is 7.05 Å². The van der Waals surface area contributed by atoms with E-state index in [2.05, 4.69) is 31.1 Å². The van der Waals surface area contributed by atoms with Gasteiger partial charge in [0.2, 0.25) is 0 Å². The maximum atomic E-state index is 11.1. The van der Waals surface area contributed by atoms with Crippen LogP contribution in [0.4, 0.5) is 5.82 Å². The summed E-state index contributed by atoms with van der Waals surface area (Å²) in [5.74, 6) is -0.611. The fourth-order valence-corrected chi connectivity index (χ4v) is 1.80. The van der Waals surface area contributed by atoms with Crippen LogP contribution in [-0.2, 0) is 4.74 Å². The lowest BCUT2D eigenvalue weighted by Crippen LogP contribution is -2.28. The summed E-state index contributed by atoms with van der Waals surface area (Å²) in [4.78, 5) is 17.3. The Kier molecular flexibility index (Phi) is 6.75. The minimum absolute atomic E-state index is 0.161. The van der Waals surface area contributed by atoms with Crippen molar-refractivity contribution in [2.24, 2.45) is 0 Å². The molecule has 7 heteroatoms. The maximum Gasteiger partial charge on any atom is 0.339 e. The largest absolute Gasteiger partial charge is 0.478 e.